The SMILES string of the molecule is COP(=O)(OC)C(O)/C=C/c1ccccc1. The molecule has 16 heavy (non-hydrogen) atoms. The molecule has 1 aromatic rings. The minimum Gasteiger partial charge on any atom is -0.377 e. The number of rotatable bonds is 5. The highest BCUT2D eigenvalue weighted by Crippen LogP contribution is 2.50. The third-order valence-corrected chi connectivity index (χ3v) is 3.93. The van der Waals surface area contributed by atoms with Crippen molar-refractivity contribution in [3.63, 3.8) is 0 Å². The lowest BCUT2D eigenvalue weighted by Crippen LogP contribution is -2.06. The third kappa shape index (κ3) is 3.29. The molecule has 0 aliphatic rings. The van der Waals surface area contributed by atoms with Gasteiger partial charge < -0.3 is 14.2 Å². The molecule has 0 radical (unpaired) electrons. The van der Waals surface area contributed by atoms with E-state index in [2.05, 4.69) is 9.05 Å². The second-order valence-corrected chi connectivity index (χ2v) is 5.43. The number of aliphatic hydroxyl groups excluding tert-OH is 1. The normalized spacial score (nSPS) is 14.2. The lowest BCUT2D eigenvalue weighted by molar-refractivity contribution is 0.201. The van der Waals surface area contributed by atoms with Gasteiger partial charge in [0.1, 0.15) is 0 Å². The van der Waals surface area contributed by atoms with Crippen molar-refractivity contribution in [2.75, 3.05) is 14.2 Å². The molecule has 1 N–H and O–H groups in total. The molecule has 0 aliphatic heterocycles. The molecule has 4 nitrogen and oxygen atoms in total. The maximum absolute atomic E-state index is 11.7. The van der Waals surface area contributed by atoms with Crippen LogP contribution in [0.4, 0.5) is 0 Å². The first-order chi connectivity index (χ1) is 7.62. The van der Waals surface area contributed by atoms with Gasteiger partial charge in [-0.3, -0.25) is 4.57 Å². The molecular formula is C11H15O4P. The quantitative estimate of drug-likeness (QED) is 0.806. The fraction of sp³-hybridized carbons (Fsp3) is 0.273. The summed E-state index contributed by atoms with van der Waals surface area (Å²) in [6.07, 6.45) is 3.05. The predicted molar refractivity (Wildman–Crippen MR) is 63.1 cm³/mol. The van der Waals surface area contributed by atoms with Crippen LogP contribution in [0.5, 0.6) is 0 Å². The first kappa shape index (κ1) is 13.1. The maximum atomic E-state index is 11.7. The van der Waals surface area contributed by atoms with Crippen molar-refractivity contribution in [3.8, 4) is 0 Å². The van der Waals surface area contributed by atoms with Crippen LogP contribution in [0, 0.1) is 0 Å². The molecule has 1 aromatic carbocycles. The van der Waals surface area contributed by atoms with Crippen LogP contribution in [0.1, 0.15) is 5.56 Å². The summed E-state index contributed by atoms with van der Waals surface area (Å²) in [5.74, 6) is -1.26. The minimum atomic E-state index is -3.44. The van der Waals surface area contributed by atoms with Gasteiger partial charge in [-0.1, -0.05) is 36.4 Å². The van der Waals surface area contributed by atoms with Crippen molar-refractivity contribution in [2.45, 2.75) is 5.85 Å². The molecule has 0 aliphatic carbocycles. The second-order valence-electron chi connectivity index (χ2n) is 3.09. The molecule has 0 spiro atoms. The monoisotopic (exact) mass is 242 g/mol. The van der Waals surface area contributed by atoms with Crippen molar-refractivity contribution >= 4 is 13.7 Å². The van der Waals surface area contributed by atoms with E-state index in [4.69, 9.17) is 0 Å². The smallest absolute Gasteiger partial charge is 0.362 e. The van der Waals surface area contributed by atoms with Gasteiger partial charge in [-0.05, 0) is 11.6 Å². The van der Waals surface area contributed by atoms with E-state index < -0.39 is 13.4 Å². The molecule has 0 fully saturated rings. The molecule has 0 amide bonds. The predicted octanol–water partition coefficient (Wildman–Crippen LogP) is 2.50. The van der Waals surface area contributed by atoms with Crippen LogP contribution in [0.3, 0.4) is 0 Å². The van der Waals surface area contributed by atoms with Gasteiger partial charge in [-0.2, -0.15) is 0 Å². The Kier molecular flexibility index (Phi) is 4.90. The molecule has 1 atom stereocenters. The Morgan fingerprint density at radius 3 is 2.31 bits per heavy atom. The van der Waals surface area contributed by atoms with Crippen LogP contribution in [0.15, 0.2) is 36.4 Å². The Bertz CT molecular complexity index is 380. The Morgan fingerprint density at radius 1 is 1.25 bits per heavy atom. The van der Waals surface area contributed by atoms with Crippen molar-refractivity contribution in [1.29, 1.82) is 0 Å². The van der Waals surface area contributed by atoms with Gasteiger partial charge in [0, 0.05) is 14.2 Å². The van der Waals surface area contributed by atoms with Crippen molar-refractivity contribution < 1.29 is 18.7 Å². The summed E-state index contributed by atoms with van der Waals surface area (Å²) >= 11 is 0. The number of aliphatic hydroxyl groups is 1. The molecule has 1 rings (SSSR count). The highest BCUT2D eigenvalue weighted by atomic mass is 31.2. The first-order valence-corrected chi connectivity index (χ1v) is 6.36. The fourth-order valence-corrected chi connectivity index (χ4v) is 2.04. The summed E-state index contributed by atoms with van der Waals surface area (Å²) in [6.45, 7) is 0. The molecule has 0 aromatic heterocycles. The molecule has 5 heteroatoms. The summed E-state index contributed by atoms with van der Waals surface area (Å²) in [5, 5.41) is 9.63. The number of benzene rings is 1. The lowest BCUT2D eigenvalue weighted by atomic mass is 10.2. The summed E-state index contributed by atoms with van der Waals surface area (Å²) in [4.78, 5) is 0. The average Bonchev–Trinajstić information content (AvgIpc) is 2.36. The van der Waals surface area contributed by atoms with Gasteiger partial charge in [-0.15, -0.1) is 0 Å². The van der Waals surface area contributed by atoms with Crippen LogP contribution in [0.25, 0.3) is 6.08 Å². The van der Waals surface area contributed by atoms with Gasteiger partial charge >= 0.3 is 7.60 Å². The van der Waals surface area contributed by atoms with E-state index in [1.807, 2.05) is 30.3 Å². The summed E-state index contributed by atoms with van der Waals surface area (Å²) < 4.78 is 21.1. The molecule has 0 heterocycles. The molecule has 1 unspecified atom stereocenters. The van der Waals surface area contributed by atoms with E-state index in [1.165, 1.54) is 20.3 Å². The second kappa shape index (κ2) is 5.97. The Hall–Kier alpha value is -0.930. The van der Waals surface area contributed by atoms with E-state index in [9.17, 15) is 9.67 Å². The van der Waals surface area contributed by atoms with Crippen LogP contribution >= 0.6 is 7.60 Å². The van der Waals surface area contributed by atoms with Gasteiger partial charge in [0.2, 0.25) is 0 Å². The Morgan fingerprint density at radius 2 is 1.81 bits per heavy atom. The highest BCUT2D eigenvalue weighted by molar-refractivity contribution is 7.54. The topological polar surface area (TPSA) is 55.8 Å². The summed E-state index contributed by atoms with van der Waals surface area (Å²) in [7, 11) is -0.961. The van der Waals surface area contributed by atoms with Gasteiger partial charge in [0.05, 0.1) is 0 Å². The van der Waals surface area contributed by atoms with E-state index in [-0.39, 0.29) is 0 Å². The zero-order chi connectivity index (χ0) is 12.0. The number of hydrogen-bond donors (Lipinski definition) is 1. The first-order valence-electron chi connectivity index (χ1n) is 4.75. The van der Waals surface area contributed by atoms with Crippen molar-refractivity contribution in [2.24, 2.45) is 0 Å². The van der Waals surface area contributed by atoms with Crippen molar-refractivity contribution in [1.82, 2.24) is 0 Å². The molecule has 0 saturated carbocycles. The summed E-state index contributed by atoms with van der Waals surface area (Å²) in [6, 6.07) is 9.38. The average molecular weight is 242 g/mol. The minimum absolute atomic E-state index is 0.903. The van der Waals surface area contributed by atoms with Gasteiger partial charge in [0.25, 0.3) is 0 Å². The molecule has 0 saturated heterocycles. The zero-order valence-electron chi connectivity index (χ0n) is 9.24. The third-order valence-electron chi connectivity index (χ3n) is 2.09. The largest absolute Gasteiger partial charge is 0.377 e. The molecule has 88 valence electrons. The van der Waals surface area contributed by atoms with Crippen LogP contribution in [-0.4, -0.2) is 25.2 Å². The van der Waals surface area contributed by atoms with Crippen LogP contribution in [-0.2, 0) is 13.6 Å². The summed E-state index contributed by atoms with van der Waals surface area (Å²) in [5.41, 5.74) is 0.903. The fourth-order valence-electron chi connectivity index (χ4n) is 1.16. The van der Waals surface area contributed by atoms with Crippen molar-refractivity contribution in [3.05, 3.63) is 42.0 Å². The van der Waals surface area contributed by atoms with Gasteiger partial charge in [-0.25, -0.2) is 0 Å². The Labute approximate surface area is 95.1 Å². The van der Waals surface area contributed by atoms with Crippen LogP contribution in [0.2, 0.25) is 0 Å². The lowest BCUT2D eigenvalue weighted by Gasteiger charge is -2.16. The van der Waals surface area contributed by atoms with E-state index in [1.54, 1.807) is 6.08 Å². The molecular weight excluding hydrogens is 227 g/mol. The maximum Gasteiger partial charge on any atom is 0.362 e. The zero-order valence-corrected chi connectivity index (χ0v) is 10.1. The van der Waals surface area contributed by atoms with E-state index in [0.29, 0.717) is 0 Å². The Balaban J connectivity index is 2.75. The van der Waals surface area contributed by atoms with Crippen LogP contribution < -0.4 is 0 Å². The molecule has 0 bridgehead atoms. The van der Waals surface area contributed by atoms with E-state index in [0.717, 1.165) is 5.56 Å². The van der Waals surface area contributed by atoms with Gasteiger partial charge in [0.15, 0.2) is 5.85 Å². The number of hydrogen-bond acceptors (Lipinski definition) is 4. The van der Waals surface area contributed by atoms with E-state index >= 15 is 0 Å². The highest BCUT2D eigenvalue weighted by Gasteiger charge is 2.29. The standard InChI is InChI=1S/C11H15O4P/c1-14-16(13,15-2)11(12)9-8-10-6-4-3-5-7-10/h3-9,11-12H,1-2H3/b9-8+.